The number of urea groups is 1. The standard InChI is InChI=1S/C22H24ClN3O3/c1-13(2)15-6-8-16(9-7-15)22(4)20(28)26(21(29)25-22)12-19(27)24-17-10-5-14(3)18(23)11-17/h5-11,13H,12H2,1-4H3,(H,24,27)(H,25,29). The van der Waals surface area contributed by atoms with Crippen LogP contribution in [-0.2, 0) is 15.1 Å². The van der Waals surface area contributed by atoms with Crippen molar-refractivity contribution in [2.75, 3.05) is 11.9 Å². The highest BCUT2D eigenvalue weighted by Crippen LogP contribution is 2.30. The number of carbonyl (C=O) groups excluding carboxylic acids is 3. The molecule has 1 saturated heterocycles. The van der Waals surface area contributed by atoms with E-state index in [9.17, 15) is 14.4 Å². The lowest BCUT2D eigenvalue weighted by Gasteiger charge is -2.22. The molecule has 29 heavy (non-hydrogen) atoms. The van der Waals surface area contributed by atoms with Crippen LogP contribution < -0.4 is 10.6 Å². The second kappa shape index (κ2) is 7.87. The van der Waals surface area contributed by atoms with Gasteiger partial charge in [0, 0.05) is 10.7 Å². The molecule has 0 radical (unpaired) electrons. The van der Waals surface area contributed by atoms with Crippen LogP contribution in [0.15, 0.2) is 42.5 Å². The van der Waals surface area contributed by atoms with Crippen LogP contribution >= 0.6 is 11.6 Å². The molecule has 1 fully saturated rings. The van der Waals surface area contributed by atoms with Crippen molar-refractivity contribution < 1.29 is 14.4 Å². The molecule has 1 atom stereocenters. The van der Waals surface area contributed by atoms with E-state index in [0.717, 1.165) is 16.0 Å². The van der Waals surface area contributed by atoms with Gasteiger partial charge < -0.3 is 10.6 Å². The summed E-state index contributed by atoms with van der Waals surface area (Å²) >= 11 is 6.07. The van der Waals surface area contributed by atoms with Gasteiger partial charge in [-0.15, -0.1) is 0 Å². The van der Waals surface area contributed by atoms with Crippen LogP contribution in [0.25, 0.3) is 0 Å². The molecule has 2 N–H and O–H groups in total. The van der Waals surface area contributed by atoms with Crippen molar-refractivity contribution in [3.05, 3.63) is 64.2 Å². The lowest BCUT2D eigenvalue weighted by Crippen LogP contribution is -2.42. The highest BCUT2D eigenvalue weighted by Gasteiger charge is 2.49. The zero-order valence-electron chi connectivity index (χ0n) is 16.9. The molecular weight excluding hydrogens is 390 g/mol. The van der Waals surface area contributed by atoms with Gasteiger partial charge >= 0.3 is 6.03 Å². The van der Waals surface area contributed by atoms with Gasteiger partial charge in [-0.2, -0.15) is 0 Å². The van der Waals surface area contributed by atoms with Crippen LogP contribution in [0.5, 0.6) is 0 Å². The molecule has 7 heteroatoms. The SMILES string of the molecule is Cc1ccc(NC(=O)CN2C(=O)NC(C)(c3ccc(C(C)C)cc3)C2=O)cc1Cl. The Morgan fingerprint density at radius 1 is 1.17 bits per heavy atom. The summed E-state index contributed by atoms with van der Waals surface area (Å²) in [6.07, 6.45) is 0. The highest BCUT2D eigenvalue weighted by atomic mass is 35.5. The normalized spacial score (nSPS) is 18.9. The predicted octanol–water partition coefficient (Wildman–Crippen LogP) is 4.18. The molecule has 0 saturated carbocycles. The molecule has 0 aromatic heterocycles. The molecule has 2 aromatic carbocycles. The second-order valence-electron chi connectivity index (χ2n) is 7.74. The van der Waals surface area contributed by atoms with Crippen molar-refractivity contribution in [3.8, 4) is 0 Å². The third-order valence-electron chi connectivity index (χ3n) is 5.19. The van der Waals surface area contributed by atoms with Crippen LogP contribution in [0.2, 0.25) is 5.02 Å². The fraction of sp³-hybridized carbons (Fsp3) is 0.318. The molecule has 0 aliphatic carbocycles. The third-order valence-corrected chi connectivity index (χ3v) is 5.59. The summed E-state index contributed by atoms with van der Waals surface area (Å²) in [6, 6.07) is 12.1. The number of hydrogen-bond acceptors (Lipinski definition) is 3. The van der Waals surface area contributed by atoms with E-state index in [0.29, 0.717) is 22.2 Å². The number of benzene rings is 2. The molecular formula is C22H24ClN3O3. The number of aryl methyl sites for hydroxylation is 1. The third kappa shape index (κ3) is 4.12. The Morgan fingerprint density at radius 3 is 2.41 bits per heavy atom. The van der Waals surface area contributed by atoms with E-state index < -0.39 is 23.4 Å². The van der Waals surface area contributed by atoms with E-state index in [4.69, 9.17) is 11.6 Å². The van der Waals surface area contributed by atoms with E-state index in [1.54, 1.807) is 25.1 Å². The second-order valence-corrected chi connectivity index (χ2v) is 8.14. The zero-order valence-corrected chi connectivity index (χ0v) is 17.6. The quantitative estimate of drug-likeness (QED) is 0.722. The number of halogens is 1. The fourth-order valence-electron chi connectivity index (χ4n) is 3.25. The van der Waals surface area contributed by atoms with Crippen molar-refractivity contribution in [1.82, 2.24) is 10.2 Å². The smallest absolute Gasteiger partial charge is 0.324 e. The molecule has 3 rings (SSSR count). The number of rotatable bonds is 5. The predicted molar refractivity (Wildman–Crippen MR) is 113 cm³/mol. The maximum atomic E-state index is 13.0. The summed E-state index contributed by atoms with van der Waals surface area (Å²) in [5.41, 5.74) is 2.00. The van der Waals surface area contributed by atoms with Crippen molar-refractivity contribution in [2.45, 2.75) is 39.2 Å². The number of imide groups is 1. The van der Waals surface area contributed by atoms with Crippen LogP contribution in [0.1, 0.15) is 43.4 Å². The van der Waals surface area contributed by atoms with Gasteiger partial charge in [-0.3, -0.25) is 14.5 Å². The van der Waals surface area contributed by atoms with Crippen molar-refractivity contribution in [3.63, 3.8) is 0 Å². The first-order valence-corrected chi connectivity index (χ1v) is 9.80. The van der Waals surface area contributed by atoms with Crippen molar-refractivity contribution in [1.29, 1.82) is 0 Å². The Balaban J connectivity index is 1.74. The number of nitrogens with one attached hydrogen (secondary N) is 2. The van der Waals surface area contributed by atoms with Gasteiger partial charge in [0.25, 0.3) is 5.91 Å². The maximum Gasteiger partial charge on any atom is 0.325 e. The highest BCUT2D eigenvalue weighted by molar-refractivity contribution is 6.31. The van der Waals surface area contributed by atoms with E-state index in [2.05, 4.69) is 24.5 Å². The molecule has 1 unspecified atom stereocenters. The molecule has 4 amide bonds. The van der Waals surface area contributed by atoms with E-state index in [-0.39, 0.29) is 6.54 Å². The van der Waals surface area contributed by atoms with Gasteiger partial charge in [0.2, 0.25) is 5.91 Å². The van der Waals surface area contributed by atoms with Crippen LogP contribution in [-0.4, -0.2) is 29.3 Å². The van der Waals surface area contributed by atoms with E-state index in [1.807, 2.05) is 31.2 Å². The Morgan fingerprint density at radius 2 is 1.83 bits per heavy atom. The Labute approximate surface area is 175 Å². The molecule has 152 valence electrons. The van der Waals surface area contributed by atoms with Gasteiger partial charge in [-0.1, -0.05) is 55.8 Å². The first-order chi connectivity index (χ1) is 13.6. The summed E-state index contributed by atoms with van der Waals surface area (Å²) in [5.74, 6) is -0.578. The van der Waals surface area contributed by atoms with Gasteiger partial charge in [0.05, 0.1) is 0 Å². The zero-order chi connectivity index (χ0) is 21.3. The average Bonchev–Trinajstić information content (AvgIpc) is 2.89. The minimum atomic E-state index is -1.21. The van der Waals surface area contributed by atoms with Gasteiger partial charge in [-0.05, 0) is 48.6 Å². The average molecular weight is 414 g/mol. The molecule has 0 bridgehead atoms. The minimum Gasteiger partial charge on any atom is -0.324 e. The summed E-state index contributed by atoms with van der Waals surface area (Å²) in [7, 11) is 0. The fourth-order valence-corrected chi connectivity index (χ4v) is 3.43. The number of nitrogens with zero attached hydrogens (tertiary/aromatic N) is 1. The summed E-state index contributed by atoms with van der Waals surface area (Å²) in [6.45, 7) is 7.29. The van der Waals surface area contributed by atoms with Crippen LogP contribution in [0.4, 0.5) is 10.5 Å². The van der Waals surface area contributed by atoms with Crippen LogP contribution in [0.3, 0.4) is 0 Å². The van der Waals surface area contributed by atoms with Crippen molar-refractivity contribution in [2.24, 2.45) is 0 Å². The Hall–Kier alpha value is -2.86. The van der Waals surface area contributed by atoms with Gasteiger partial charge in [-0.25, -0.2) is 4.79 Å². The van der Waals surface area contributed by atoms with Crippen molar-refractivity contribution >= 4 is 35.1 Å². The maximum absolute atomic E-state index is 13.0. The summed E-state index contributed by atoms with van der Waals surface area (Å²) in [4.78, 5) is 38.7. The number of anilines is 1. The largest absolute Gasteiger partial charge is 0.325 e. The monoisotopic (exact) mass is 413 g/mol. The Bertz CT molecular complexity index is 972. The molecule has 2 aromatic rings. The molecule has 1 heterocycles. The number of amides is 4. The van der Waals surface area contributed by atoms with Gasteiger partial charge in [0.1, 0.15) is 12.1 Å². The van der Waals surface area contributed by atoms with E-state index in [1.165, 1.54) is 0 Å². The minimum absolute atomic E-state index is 0.362. The molecule has 1 aliphatic rings. The molecule has 1 aliphatic heterocycles. The molecule has 0 spiro atoms. The lowest BCUT2D eigenvalue weighted by molar-refractivity contribution is -0.133. The summed E-state index contributed by atoms with van der Waals surface area (Å²) in [5, 5.41) is 5.91. The first kappa shape index (κ1) is 20.9. The summed E-state index contributed by atoms with van der Waals surface area (Å²) < 4.78 is 0. The number of hydrogen-bond donors (Lipinski definition) is 2. The first-order valence-electron chi connectivity index (χ1n) is 9.42. The number of carbonyl (C=O) groups is 3. The topological polar surface area (TPSA) is 78.5 Å². The Kier molecular flexibility index (Phi) is 5.66. The van der Waals surface area contributed by atoms with E-state index >= 15 is 0 Å². The lowest BCUT2D eigenvalue weighted by atomic mass is 9.90. The van der Waals surface area contributed by atoms with Crippen LogP contribution in [0, 0.1) is 6.92 Å². The molecule has 6 nitrogen and oxygen atoms in total. The van der Waals surface area contributed by atoms with Gasteiger partial charge in [0.15, 0.2) is 0 Å².